The first-order valence-corrected chi connectivity index (χ1v) is 26.2. The summed E-state index contributed by atoms with van der Waals surface area (Å²) < 4.78 is 42.5. The largest absolute Gasteiger partial charge is 0.491 e. The zero-order valence-electron chi connectivity index (χ0n) is 38.4. The number of nitrogens with zero attached hydrogens (tertiary/aromatic N) is 4. The van der Waals surface area contributed by atoms with Gasteiger partial charge in [-0.25, -0.2) is 18.1 Å². The molecule has 0 bridgehead atoms. The standard InChI is InChI=1S/C51H60N6O8S2/c1-32(2)40-7-4-5-8-41(40)43-9-6-20-56(43)36-28-51(29-36)17-21-55(22-18-51)35-10-11-42(45(25-35)65-37-24-34-14-19-52-48(34)53-30-37)49(58)54-67(62,63)39-26-44(57(60)61)47-46(27-39)64-31-38(66-47)23-33-12-15-50(3,59)16-13-33/h4-5,7-8,10-11,14,19,24-27,30,32-33,36,38,43,59H,6,9,12-13,15-18,20-23,28-29,31H2,1-3H3,(H,52,53)(H,54,58)/t33?,38?,43-,50?/m0/s1. The van der Waals surface area contributed by atoms with E-state index in [9.17, 15) is 28.4 Å². The second-order valence-electron chi connectivity index (χ2n) is 20.3. The number of rotatable bonds is 12. The molecule has 1 unspecified atom stereocenters. The lowest BCUT2D eigenvalue weighted by atomic mass is 9.59. The van der Waals surface area contributed by atoms with Crippen LogP contribution in [0.2, 0.25) is 0 Å². The number of carbonyl (C=O) groups excluding carboxylic acids is 1. The molecule has 67 heavy (non-hydrogen) atoms. The number of nitro benzene ring substituents is 1. The number of H-pyrrole nitrogens is 1. The minimum absolute atomic E-state index is 0.0256. The molecule has 3 aliphatic heterocycles. The fourth-order valence-electron chi connectivity index (χ4n) is 11.5. The first-order valence-electron chi connectivity index (χ1n) is 23.9. The maximum Gasteiger partial charge on any atom is 0.288 e. The lowest BCUT2D eigenvalue weighted by Gasteiger charge is -2.56. The second kappa shape index (κ2) is 18.1. The number of likely N-dealkylation sites (tertiary alicyclic amines) is 1. The molecule has 3 aromatic carbocycles. The van der Waals surface area contributed by atoms with Crippen molar-refractivity contribution in [3.8, 4) is 17.2 Å². The van der Waals surface area contributed by atoms with Crippen LogP contribution >= 0.6 is 11.8 Å². The molecule has 3 N–H and O–H groups in total. The number of amides is 1. The summed E-state index contributed by atoms with van der Waals surface area (Å²) in [7, 11) is -4.63. The number of thioether (sulfide) groups is 1. The van der Waals surface area contributed by atoms with E-state index in [2.05, 4.69) is 62.6 Å². The third-order valence-electron chi connectivity index (χ3n) is 15.3. The van der Waals surface area contributed by atoms with Crippen molar-refractivity contribution >= 4 is 50.1 Å². The number of fused-ring (bicyclic) bond motifs is 2. The third kappa shape index (κ3) is 9.38. The number of carbonyl (C=O) groups is 1. The minimum Gasteiger partial charge on any atom is -0.491 e. The van der Waals surface area contributed by atoms with Crippen molar-refractivity contribution in [1.29, 1.82) is 0 Å². The van der Waals surface area contributed by atoms with Crippen molar-refractivity contribution < 1.29 is 32.7 Å². The number of benzene rings is 3. The van der Waals surface area contributed by atoms with E-state index in [0.29, 0.717) is 53.6 Å². The maximum atomic E-state index is 14.1. The van der Waals surface area contributed by atoms with Crippen molar-refractivity contribution in [3.63, 3.8) is 0 Å². The van der Waals surface area contributed by atoms with Gasteiger partial charge in [-0.1, -0.05) is 38.1 Å². The normalized spacial score (nSPS) is 24.3. The van der Waals surface area contributed by atoms with Crippen LogP contribution in [0.5, 0.6) is 17.2 Å². The number of nitro groups is 1. The Bertz CT molecular complexity index is 2790. The highest BCUT2D eigenvalue weighted by atomic mass is 32.2. The van der Waals surface area contributed by atoms with Crippen molar-refractivity contribution in [1.82, 2.24) is 19.6 Å². The van der Waals surface area contributed by atoms with Crippen LogP contribution in [0.1, 0.15) is 125 Å². The highest BCUT2D eigenvalue weighted by molar-refractivity contribution is 8.00. The number of hydrogen-bond donors (Lipinski definition) is 3. The molecular formula is C51H60N6O8S2. The molecule has 10 rings (SSSR count). The molecule has 4 fully saturated rings. The van der Waals surface area contributed by atoms with Crippen LogP contribution in [0.3, 0.4) is 0 Å². The van der Waals surface area contributed by atoms with Crippen LogP contribution in [-0.4, -0.2) is 82.4 Å². The molecule has 354 valence electrons. The number of ether oxygens (including phenoxy) is 2. The van der Waals surface area contributed by atoms with Crippen LogP contribution in [-0.2, 0) is 10.0 Å². The fourth-order valence-corrected chi connectivity index (χ4v) is 13.9. The van der Waals surface area contributed by atoms with Crippen molar-refractivity contribution in [2.75, 3.05) is 31.1 Å². The van der Waals surface area contributed by atoms with Gasteiger partial charge in [-0.05, 0) is 137 Å². The lowest BCUT2D eigenvalue weighted by Crippen LogP contribution is -2.54. The highest BCUT2D eigenvalue weighted by Gasteiger charge is 2.50. The molecule has 2 atom stereocenters. The monoisotopic (exact) mass is 948 g/mol. The molecule has 16 heteroatoms. The average molecular weight is 949 g/mol. The van der Waals surface area contributed by atoms with E-state index in [0.717, 1.165) is 68.9 Å². The van der Waals surface area contributed by atoms with E-state index in [-0.39, 0.29) is 33.8 Å². The van der Waals surface area contributed by atoms with Crippen LogP contribution in [0.25, 0.3) is 11.0 Å². The molecule has 1 spiro atoms. The minimum atomic E-state index is -4.63. The topological polar surface area (TPSA) is 180 Å². The summed E-state index contributed by atoms with van der Waals surface area (Å²) in [5, 5.41) is 23.6. The van der Waals surface area contributed by atoms with Crippen molar-refractivity contribution in [3.05, 3.63) is 106 Å². The van der Waals surface area contributed by atoms with Crippen LogP contribution in [0.4, 0.5) is 11.4 Å². The first-order chi connectivity index (χ1) is 32.1. The van der Waals surface area contributed by atoms with Crippen molar-refractivity contribution in [2.45, 2.75) is 130 Å². The predicted molar refractivity (Wildman–Crippen MR) is 259 cm³/mol. The molecule has 2 aliphatic carbocycles. The number of sulfonamides is 1. The number of piperidine rings is 1. The summed E-state index contributed by atoms with van der Waals surface area (Å²) in [6.07, 6.45) is 14.1. The summed E-state index contributed by atoms with van der Waals surface area (Å²) in [6.45, 7) is 9.50. The number of anilines is 1. The van der Waals surface area contributed by atoms with Gasteiger partial charge in [0.1, 0.15) is 34.4 Å². The Morgan fingerprint density at radius 1 is 1.04 bits per heavy atom. The number of aromatic amines is 1. The third-order valence-corrected chi connectivity index (χ3v) is 17.9. The average Bonchev–Trinajstić information content (AvgIpc) is 3.98. The Balaban J connectivity index is 0.845. The van der Waals surface area contributed by atoms with E-state index < -0.39 is 37.0 Å². The molecule has 0 radical (unpaired) electrons. The number of aromatic nitrogens is 2. The van der Waals surface area contributed by atoms with E-state index in [1.54, 1.807) is 30.6 Å². The predicted octanol–water partition coefficient (Wildman–Crippen LogP) is 10.3. The Morgan fingerprint density at radius 2 is 1.82 bits per heavy atom. The van der Waals surface area contributed by atoms with Gasteiger partial charge in [0.15, 0.2) is 0 Å². The van der Waals surface area contributed by atoms with E-state index >= 15 is 0 Å². The van der Waals surface area contributed by atoms with Crippen LogP contribution in [0.15, 0.2) is 88.9 Å². The summed E-state index contributed by atoms with van der Waals surface area (Å²) in [5.41, 5.74) is 3.69. The van der Waals surface area contributed by atoms with E-state index in [1.807, 2.05) is 19.1 Å². The van der Waals surface area contributed by atoms with Gasteiger partial charge in [0, 0.05) is 65.9 Å². The Labute approximate surface area is 396 Å². The van der Waals surface area contributed by atoms with Gasteiger partial charge in [0.25, 0.3) is 21.6 Å². The first kappa shape index (κ1) is 45.6. The summed E-state index contributed by atoms with van der Waals surface area (Å²) in [6, 6.07) is 21.1. The van der Waals surface area contributed by atoms with Crippen LogP contribution < -0.4 is 19.1 Å². The van der Waals surface area contributed by atoms with Gasteiger partial charge in [-0.15, -0.1) is 11.8 Å². The second-order valence-corrected chi connectivity index (χ2v) is 23.3. The van der Waals surface area contributed by atoms with Gasteiger partial charge < -0.3 is 24.5 Å². The van der Waals surface area contributed by atoms with Crippen molar-refractivity contribution in [2.24, 2.45) is 11.3 Å². The number of nitrogens with one attached hydrogen (secondary N) is 2. The molecule has 5 heterocycles. The number of aliphatic hydroxyl groups is 1. The summed E-state index contributed by atoms with van der Waals surface area (Å²) >= 11 is 1.32. The Morgan fingerprint density at radius 3 is 2.58 bits per heavy atom. The maximum absolute atomic E-state index is 14.1. The molecule has 1 amide bonds. The molecule has 5 aliphatic rings. The van der Waals surface area contributed by atoms with Gasteiger partial charge in [-0.2, -0.15) is 0 Å². The van der Waals surface area contributed by atoms with E-state index in [4.69, 9.17) is 9.47 Å². The molecule has 14 nitrogen and oxygen atoms in total. The quantitative estimate of drug-likeness (QED) is 0.0797. The molecule has 2 saturated carbocycles. The Hall–Kier alpha value is -5.16. The molecule has 2 saturated heterocycles. The highest BCUT2D eigenvalue weighted by Crippen LogP contribution is 2.55. The van der Waals surface area contributed by atoms with E-state index in [1.165, 1.54) is 54.6 Å². The Kier molecular flexibility index (Phi) is 12.3. The van der Waals surface area contributed by atoms with Gasteiger partial charge >= 0.3 is 0 Å². The lowest BCUT2D eigenvalue weighted by molar-refractivity contribution is -0.388. The van der Waals surface area contributed by atoms with Gasteiger partial charge in [0.2, 0.25) is 0 Å². The van der Waals surface area contributed by atoms with Gasteiger partial charge in [0.05, 0.1) is 27.2 Å². The van der Waals surface area contributed by atoms with Gasteiger partial charge in [-0.3, -0.25) is 19.8 Å². The molecule has 2 aromatic heterocycles. The zero-order valence-corrected chi connectivity index (χ0v) is 40.0. The molecular weight excluding hydrogens is 889 g/mol. The SMILES string of the molecule is CC(C)c1ccccc1[C@@H]1CCCN1C1CC2(CCN(c3ccc(C(=O)NS(=O)(=O)c4cc5c(c([N+](=O)[O-])c4)SC(CC4CCC(C)(O)CC4)CO5)c(Oc4cnc5[nH]ccc5c4)c3)CC2)C1. The number of pyridine rings is 1. The van der Waals surface area contributed by atoms with Crippen LogP contribution in [0, 0.1) is 21.4 Å². The fraction of sp³-hybridized carbons (Fsp3) is 0.490. The summed E-state index contributed by atoms with van der Waals surface area (Å²) in [5.74, 6) is 0.497. The smallest absolute Gasteiger partial charge is 0.288 e. The summed E-state index contributed by atoms with van der Waals surface area (Å²) in [4.78, 5) is 38.4. The number of hydrogen-bond acceptors (Lipinski definition) is 12. The zero-order chi connectivity index (χ0) is 46.7. The molecule has 5 aromatic rings.